The number of aromatic nitrogens is 2. The number of hydrogen-bond donors (Lipinski definition) is 0. The van der Waals surface area contributed by atoms with Crippen molar-refractivity contribution in [1.82, 2.24) is 9.55 Å². The van der Waals surface area contributed by atoms with Gasteiger partial charge in [-0.05, 0) is 50.8 Å². The van der Waals surface area contributed by atoms with E-state index in [9.17, 15) is 0 Å². The lowest BCUT2D eigenvalue weighted by Crippen LogP contribution is -2.21. The smallest absolute Gasteiger partial charge is 0.127 e. The van der Waals surface area contributed by atoms with Crippen LogP contribution in [-0.2, 0) is 11.3 Å². The van der Waals surface area contributed by atoms with Crippen molar-refractivity contribution in [2.75, 3.05) is 6.61 Å². The third kappa shape index (κ3) is 3.36. The van der Waals surface area contributed by atoms with Gasteiger partial charge in [0.2, 0.25) is 0 Å². The Labute approximate surface area is 135 Å². The van der Waals surface area contributed by atoms with Crippen molar-refractivity contribution in [3.63, 3.8) is 0 Å². The number of hydrogen-bond acceptors (Lipinski definition) is 2. The van der Waals surface area contributed by atoms with Crippen molar-refractivity contribution in [2.45, 2.75) is 50.6 Å². The molecule has 0 saturated carbocycles. The highest BCUT2D eigenvalue weighted by Crippen LogP contribution is 2.27. The Kier molecular flexibility index (Phi) is 4.72. The summed E-state index contributed by atoms with van der Waals surface area (Å²) in [5.74, 6) is 0.907. The van der Waals surface area contributed by atoms with Gasteiger partial charge in [0, 0.05) is 18.2 Å². The lowest BCUT2D eigenvalue weighted by atomic mass is 10.1. The summed E-state index contributed by atoms with van der Waals surface area (Å²) in [6.07, 6.45) is 4.98. The van der Waals surface area contributed by atoms with E-state index in [-0.39, 0.29) is 5.38 Å². The van der Waals surface area contributed by atoms with E-state index in [1.807, 2.05) is 25.1 Å². The normalized spacial score (nSPS) is 20.8. The van der Waals surface area contributed by atoms with Gasteiger partial charge in [0.05, 0.1) is 22.5 Å². The van der Waals surface area contributed by atoms with Gasteiger partial charge in [0.15, 0.2) is 0 Å². The van der Waals surface area contributed by atoms with Gasteiger partial charge in [-0.2, -0.15) is 0 Å². The number of fused-ring (bicyclic) bond motifs is 1. The summed E-state index contributed by atoms with van der Waals surface area (Å²) >= 11 is 12.3. The van der Waals surface area contributed by atoms with Crippen LogP contribution in [0, 0.1) is 0 Å². The molecule has 0 aliphatic carbocycles. The van der Waals surface area contributed by atoms with Crippen molar-refractivity contribution in [1.29, 1.82) is 0 Å². The molecule has 1 fully saturated rings. The molecule has 5 heteroatoms. The van der Waals surface area contributed by atoms with Crippen LogP contribution in [0.2, 0.25) is 5.02 Å². The summed E-state index contributed by atoms with van der Waals surface area (Å²) in [6.45, 7) is 3.73. The van der Waals surface area contributed by atoms with Crippen LogP contribution in [0.4, 0.5) is 0 Å². The number of alkyl halides is 1. The van der Waals surface area contributed by atoms with Gasteiger partial charge >= 0.3 is 0 Å². The van der Waals surface area contributed by atoms with E-state index in [4.69, 9.17) is 27.9 Å². The number of aryl methyl sites for hydroxylation is 1. The van der Waals surface area contributed by atoms with Crippen LogP contribution in [0.1, 0.15) is 43.8 Å². The Hall–Kier alpha value is -0.770. The zero-order chi connectivity index (χ0) is 14.8. The Morgan fingerprint density at radius 1 is 1.43 bits per heavy atom. The van der Waals surface area contributed by atoms with Crippen LogP contribution in [-0.4, -0.2) is 22.3 Å². The molecule has 1 aromatic carbocycles. The molecule has 1 aliphatic rings. The zero-order valence-electron chi connectivity index (χ0n) is 12.2. The number of rotatable bonds is 4. The van der Waals surface area contributed by atoms with E-state index in [0.29, 0.717) is 11.1 Å². The van der Waals surface area contributed by atoms with E-state index in [2.05, 4.69) is 9.55 Å². The molecule has 2 atom stereocenters. The van der Waals surface area contributed by atoms with E-state index >= 15 is 0 Å². The molecule has 1 aliphatic heterocycles. The Morgan fingerprint density at radius 3 is 3.00 bits per heavy atom. The van der Waals surface area contributed by atoms with Gasteiger partial charge in [-0.25, -0.2) is 4.98 Å². The molecule has 21 heavy (non-hydrogen) atoms. The maximum absolute atomic E-state index is 6.29. The summed E-state index contributed by atoms with van der Waals surface area (Å²) in [4.78, 5) is 4.64. The molecule has 3 nitrogen and oxygen atoms in total. The first-order valence-electron chi connectivity index (χ1n) is 7.56. The van der Waals surface area contributed by atoms with Crippen LogP contribution < -0.4 is 0 Å². The van der Waals surface area contributed by atoms with Crippen LogP contribution in [0.3, 0.4) is 0 Å². The maximum atomic E-state index is 6.29. The Balaban J connectivity index is 1.86. The first kappa shape index (κ1) is 15.1. The number of ether oxygens (including phenoxy) is 1. The first-order valence-corrected chi connectivity index (χ1v) is 8.38. The molecule has 0 N–H and O–H groups in total. The Morgan fingerprint density at radius 2 is 2.29 bits per heavy atom. The summed E-state index contributed by atoms with van der Waals surface area (Å²) in [5, 5.41) is 0.583. The lowest BCUT2D eigenvalue weighted by molar-refractivity contribution is 0.00886. The van der Waals surface area contributed by atoms with Gasteiger partial charge in [-0.3, -0.25) is 0 Å². The van der Waals surface area contributed by atoms with E-state index in [1.165, 1.54) is 12.8 Å². The largest absolute Gasteiger partial charge is 0.378 e. The molecular formula is C16H20Cl2N2O. The number of halogens is 2. The molecule has 0 amide bonds. The summed E-state index contributed by atoms with van der Waals surface area (Å²) < 4.78 is 8.03. The monoisotopic (exact) mass is 326 g/mol. The minimum absolute atomic E-state index is 0.122. The highest BCUT2D eigenvalue weighted by Gasteiger charge is 2.18. The molecular weight excluding hydrogens is 307 g/mol. The van der Waals surface area contributed by atoms with Gasteiger partial charge in [-0.15, -0.1) is 11.6 Å². The predicted molar refractivity (Wildman–Crippen MR) is 87.2 cm³/mol. The second kappa shape index (κ2) is 6.55. The van der Waals surface area contributed by atoms with Gasteiger partial charge in [-0.1, -0.05) is 11.6 Å². The molecule has 114 valence electrons. The van der Waals surface area contributed by atoms with Gasteiger partial charge < -0.3 is 9.30 Å². The second-order valence-electron chi connectivity index (χ2n) is 5.65. The number of benzene rings is 1. The first-order chi connectivity index (χ1) is 10.1. The fraction of sp³-hybridized carbons (Fsp3) is 0.562. The third-order valence-electron chi connectivity index (χ3n) is 4.04. The molecule has 1 aromatic heterocycles. The highest BCUT2D eigenvalue weighted by atomic mass is 35.5. The average molecular weight is 327 g/mol. The molecule has 1 saturated heterocycles. The molecule has 2 heterocycles. The van der Waals surface area contributed by atoms with Crippen molar-refractivity contribution in [2.24, 2.45) is 0 Å². The van der Waals surface area contributed by atoms with Crippen LogP contribution in [0.25, 0.3) is 11.0 Å². The van der Waals surface area contributed by atoms with Crippen molar-refractivity contribution >= 4 is 34.2 Å². The fourth-order valence-corrected chi connectivity index (χ4v) is 3.30. The molecule has 2 unspecified atom stereocenters. The summed E-state index contributed by atoms with van der Waals surface area (Å²) in [5.41, 5.74) is 2.01. The van der Waals surface area contributed by atoms with Crippen LogP contribution in [0.5, 0.6) is 0 Å². The lowest BCUT2D eigenvalue weighted by Gasteiger charge is -2.23. The molecule has 0 bridgehead atoms. The van der Waals surface area contributed by atoms with Crippen molar-refractivity contribution < 1.29 is 4.74 Å². The fourth-order valence-electron chi connectivity index (χ4n) is 2.97. The Bertz CT molecular complexity index is 618. The zero-order valence-corrected chi connectivity index (χ0v) is 13.7. The van der Waals surface area contributed by atoms with Crippen molar-refractivity contribution in [3.05, 3.63) is 29.0 Å². The predicted octanol–water partition coefficient (Wildman–Crippen LogP) is 4.95. The van der Waals surface area contributed by atoms with Crippen molar-refractivity contribution in [3.8, 4) is 0 Å². The van der Waals surface area contributed by atoms with E-state index in [0.717, 1.165) is 42.9 Å². The third-order valence-corrected chi connectivity index (χ3v) is 4.47. The minimum atomic E-state index is -0.122. The number of nitrogens with zero attached hydrogens (tertiary/aromatic N) is 2. The topological polar surface area (TPSA) is 27.1 Å². The number of imidazole rings is 1. The summed E-state index contributed by atoms with van der Waals surface area (Å²) in [6, 6.07) is 5.82. The van der Waals surface area contributed by atoms with Crippen LogP contribution in [0.15, 0.2) is 18.2 Å². The quantitative estimate of drug-likeness (QED) is 0.743. The molecule has 0 spiro atoms. The molecule has 2 aromatic rings. The minimum Gasteiger partial charge on any atom is -0.378 e. The highest BCUT2D eigenvalue weighted by molar-refractivity contribution is 6.31. The summed E-state index contributed by atoms with van der Waals surface area (Å²) in [7, 11) is 0. The van der Waals surface area contributed by atoms with Crippen LogP contribution >= 0.6 is 23.2 Å². The van der Waals surface area contributed by atoms with Gasteiger partial charge in [0.25, 0.3) is 0 Å². The SMILES string of the molecule is CC(Cl)c1nc2cc(Cl)ccc2n1CCC1CCCCO1. The molecule has 0 radical (unpaired) electrons. The standard InChI is InChI=1S/C16H20Cl2N2O/c1-11(17)16-19-14-10-12(18)5-6-15(14)20(16)8-7-13-4-2-3-9-21-13/h5-6,10-11,13H,2-4,7-9H2,1H3. The maximum Gasteiger partial charge on any atom is 0.127 e. The molecule has 3 rings (SSSR count). The van der Waals surface area contributed by atoms with E-state index in [1.54, 1.807) is 0 Å². The van der Waals surface area contributed by atoms with E-state index < -0.39 is 0 Å². The van der Waals surface area contributed by atoms with Gasteiger partial charge in [0.1, 0.15) is 5.82 Å². The average Bonchev–Trinajstić information content (AvgIpc) is 2.84. The second-order valence-corrected chi connectivity index (χ2v) is 6.74.